The van der Waals surface area contributed by atoms with Crippen molar-refractivity contribution < 1.29 is 17.9 Å². The normalized spacial score (nSPS) is 14.2. The first-order valence-corrected chi connectivity index (χ1v) is 4.28. The molecule has 1 aromatic heterocycles. The molecule has 1 aromatic rings. The third-order valence-corrected chi connectivity index (χ3v) is 1.89. The minimum atomic E-state index is -4.44. The van der Waals surface area contributed by atoms with Gasteiger partial charge in [-0.15, -0.1) is 0 Å². The Bertz CT molecular complexity index is 310. The standard InChI is InChI=1S/C8H12F3N3O/c1-15-3-2-14-5-6(4-13-14)7(12)8(9,10)11/h4-5,7H,2-3,12H2,1H3. The van der Waals surface area contributed by atoms with Gasteiger partial charge < -0.3 is 10.5 Å². The highest BCUT2D eigenvalue weighted by molar-refractivity contribution is 5.11. The zero-order valence-corrected chi connectivity index (χ0v) is 8.16. The van der Waals surface area contributed by atoms with Crippen molar-refractivity contribution >= 4 is 0 Å². The van der Waals surface area contributed by atoms with Crippen molar-refractivity contribution in [3.05, 3.63) is 18.0 Å². The van der Waals surface area contributed by atoms with Crippen molar-refractivity contribution in [3.63, 3.8) is 0 Å². The molecular formula is C8H12F3N3O. The fourth-order valence-electron chi connectivity index (χ4n) is 1.04. The molecule has 0 saturated carbocycles. The van der Waals surface area contributed by atoms with Crippen molar-refractivity contribution in [1.82, 2.24) is 9.78 Å². The molecule has 0 aliphatic rings. The largest absolute Gasteiger partial charge is 0.407 e. The molecule has 0 spiro atoms. The molecule has 0 aliphatic heterocycles. The SMILES string of the molecule is COCCn1cc(C(N)C(F)(F)F)cn1. The lowest BCUT2D eigenvalue weighted by Crippen LogP contribution is -2.28. The summed E-state index contributed by atoms with van der Waals surface area (Å²) in [6.45, 7) is 0.795. The zero-order valence-electron chi connectivity index (χ0n) is 8.16. The van der Waals surface area contributed by atoms with Gasteiger partial charge >= 0.3 is 6.18 Å². The summed E-state index contributed by atoms with van der Waals surface area (Å²) < 4.78 is 42.8. The number of halogens is 3. The second kappa shape index (κ2) is 4.63. The summed E-state index contributed by atoms with van der Waals surface area (Å²) in [5.41, 5.74) is 4.96. The molecule has 86 valence electrons. The molecule has 4 nitrogen and oxygen atoms in total. The van der Waals surface area contributed by atoms with E-state index in [4.69, 9.17) is 10.5 Å². The highest BCUT2D eigenvalue weighted by Gasteiger charge is 2.38. The molecule has 0 bridgehead atoms. The molecule has 0 aliphatic carbocycles. The fourth-order valence-corrected chi connectivity index (χ4v) is 1.04. The van der Waals surface area contributed by atoms with Gasteiger partial charge in [0.15, 0.2) is 0 Å². The molecule has 15 heavy (non-hydrogen) atoms. The highest BCUT2D eigenvalue weighted by atomic mass is 19.4. The summed E-state index contributed by atoms with van der Waals surface area (Å²) in [7, 11) is 1.51. The van der Waals surface area contributed by atoms with Gasteiger partial charge in [0.05, 0.1) is 19.3 Å². The van der Waals surface area contributed by atoms with Crippen LogP contribution < -0.4 is 5.73 Å². The number of hydrogen-bond donors (Lipinski definition) is 1. The number of nitrogens with zero attached hydrogens (tertiary/aromatic N) is 2. The molecular weight excluding hydrogens is 211 g/mol. The van der Waals surface area contributed by atoms with Crippen molar-refractivity contribution in [2.75, 3.05) is 13.7 Å². The second-order valence-electron chi connectivity index (χ2n) is 3.05. The summed E-state index contributed by atoms with van der Waals surface area (Å²) in [6, 6.07) is -1.98. The minimum absolute atomic E-state index is 0.0430. The number of alkyl halides is 3. The molecule has 0 aromatic carbocycles. The second-order valence-corrected chi connectivity index (χ2v) is 3.05. The molecule has 7 heteroatoms. The van der Waals surface area contributed by atoms with Gasteiger partial charge in [-0.1, -0.05) is 0 Å². The Balaban J connectivity index is 2.67. The van der Waals surface area contributed by atoms with Gasteiger partial charge in [0.2, 0.25) is 0 Å². The van der Waals surface area contributed by atoms with Crippen molar-refractivity contribution in [2.45, 2.75) is 18.8 Å². The van der Waals surface area contributed by atoms with Crippen LogP contribution >= 0.6 is 0 Å². The van der Waals surface area contributed by atoms with Crippen molar-refractivity contribution in [3.8, 4) is 0 Å². The van der Waals surface area contributed by atoms with Gasteiger partial charge in [-0.3, -0.25) is 4.68 Å². The molecule has 1 heterocycles. The number of methoxy groups -OCH3 is 1. The van der Waals surface area contributed by atoms with Crippen molar-refractivity contribution in [1.29, 1.82) is 0 Å². The monoisotopic (exact) mass is 223 g/mol. The number of hydrogen-bond acceptors (Lipinski definition) is 3. The van der Waals surface area contributed by atoms with Gasteiger partial charge in [0, 0.05) is 18.9 Å². The third-order valence-electron chi connectivity index (χ3n) is 1.89. The Labute approximate surface area is 84.8 Å². The van der Waals surface area contributed by atoms with E-state index < -0.39 is 12.2 Å². The van der Waals surface area contributed by atoms with Crippen LogP contribution in [0.2, 0.25) is 0 Å². The summed E-state index contributed by atoms with van der Waals surface area (Å²) in [6.07, 6.45) is -2.04. The topological polar surface area (TPSA) is 53.1 Å². The number of rotatable bonds is 4. The van der Waals surface area contributed by atoms with E-state index in [1.165, 1.54) is 18.0 Å². The Kier molecular flexibility index (Phi) is 3.70. The van der Waals surface area contributed by atoms with E-state index in [0.717, 1.165) is 6.20 Å². The van der Waals surface area contributed by atoms with E-state index in [0.29, 0.717) is 13.2 Å². The van der Waals surface area contributed by atoms with Crippen LogP contribution in [-0.4, -0.2) is 29.7 Å². The van der Waals surface area contributed by atoms with Crippen LogP contribution in [0.3, 0.4) is 0 Å². The number of aromatic nitrogens is 2. The quantitative estimate of drug-likeness (QED) is 0.831. The Hall–Kier alpha value is -1.08. The summed E-state index contributed by atoms with van der Waals surface area (Å²) in [4.78, 5) is 0. The van der Waals surface area contributed by atoms with Gasteiger partial charge in [-0.05, 0) is 0 Å². The predicted molar refractivity (Wildman–Crippen MR) is 47.1 cm³/mol. The lowest BCUT2D eigenvalue weighted by molar-refractivity contribution is -0.149. The zero-order chi connectivity index (χ0) is 11.5. The summed E-state index contributed by atoms with van der Waals surface area (Å²) >= 11 is 0. The van der Waals surface area contributed by atoms with Crippen LogP contribution in [0, 0.1) is 0 Å². The van der Waals surface area contributed by atoms with E-state index in [2.05, 4.69) is 5.10 Å². The molecule has 1 unspecified atom stereocenters. The Morgan fingerprint density at radius 2 is 2.27 bits per heavy atom. The summed E-state index contributed by atoms with van der Waals surface area (Å²) in [5, 5.41) is 3.74. The van der Waals surface area contributed by atoms with E-state index in [-0.39, 0.29) is 5.56 Å². The highest BCUT2D eigenvalue weighted by Crippen LogP contribution is 2.29. The maximum Gasteiger partial charge on any atom is 0.407 e. The molecule has 0 fully saturated rings. The number of ether oxygens (including phenoxy) is 1. The van der Waals surface area contributed by atoms with Crippen LogP contribution in [0.1, 0.15) is 11.6 Å². The van der Waals surface area contributed by atoms with Gasteiger partial charge in [0.25, 0.3) is 0 Å². The lowest BCUT2D eigenvalue weighted by Gasteiger charge is -2.13. The van der Waals surface area contributed by atoms with E-state index >= 15 is 0 Å². The van der Waals surface area contributed by atoms with Gasteiger partial charge in [0.1, 0.15) is 6.04 Å². The first-order valence-electron chi connectivity index (χ1n) is 4.28. The fraction of sp³-hybridized carbons (Fsp3) is 0.625. The number of nitrogens with two attached hydrogens (primary N) is 1. The molecule has 1 rings (SSSR count). The first-order chi connectivity index (χ1) is 6.95. The van der Waals surface area contributed by atoms with Crippen LogP contribution in [-0.2, 0) is 11.3 Å². The van der Waals surface area contributed by atoms with Crippen LogP contribution in [0.5, 0.6) is 0 Å². The van der Waals surface area contributed by atoms with Gasteiger partial charge in [-0.2, -0.15) is 18.3 Å². The molecule has 2 N–H and O–H groups in total. The van der Waals surface area contributed by atoms with Gasteiger partial charge in [-0.25, -0.2) is 0 Å². The maximum atomic E-state index is 12.2. The molecule has 0 amide bonds. The average Bonchev–Trinajstić information content (AvgIpc) is 2.60. The Morgan fingerprint density at radius 3 is 2.80 bits per heavy atom. The third kappa shape index (κ3) is 3.21. The molecule has 0 saturated heterocycles. The summed E-state index contributed by atoms with van der Waals surface area (Å²) in [5.74, 6) is 0. The minimum Gasteiger partial charge on any atom is -0.383 e. The Morgan fingerprint density at radius 1 is 1.60 bits per heavy atom. The van der Waals surface area contributed by atoms with E-state index in [1.54, 1.807) is 0 Å². The smallest absolute Gasteiger partial charge is 0.383 e. The average molecular weight is 223 g/mol. The molecule has 1 atom stereocenters. The van der Waals surface area contributed by atoms with E-state index in [1.807, 2.05) is 0 Å². The van der Waals surface area contributed by atoms with Crippen LogP contribution in [0.4, 0.5) is 13.2 Å². The van der Waals surface area contributed by atoms with E-state index in [9.17, 15) is 13.2 Å². The lowest BCUT2D eigenvalue weighted by atomic mass is 10.2. The first kappa shape index (κ1) is 12.0. The van der Waals surface area contributed by atoms with Crippen molar-refractivity contribution in [2.24, 2.45) is 5.73 Å². The van der Waals surface area contributed by atoms with Crippen LogP contribution in [0.15, 0.2) is 12.4 Å². The predicted octanol–water partition coefficient (Wildman–Crippen LogP) is 1.09. The molecule has 0 radical (unpaired) electrons. The van der Waals surface area contributed by atoms with Crippen LogP contribution in [0.25, 0.3) is 0 Å². The maximum absolute atomic E-state index is 12.2.